The number of thioether (sulfide) groups is 1. The van der Waals surface area contributed by atoms with E-state index in [1.54, 1.807) is 42.5 Å². The number of phenolic OH excluding ortho intramolecular Hbond substituents is 1. The zero-order valence-electron chi connectivity index (χ0n) is 14.5. The summed E-state index contributed by atoms with van der Waals surface area (Å²) < 4.78 is 10.1. The quantitative estimate of drug-likeness (QED) is 0.477. The van der Waals surface area contributed by atoms with E-state index < -0.39 is 5.97 Å². The summed E-state index contributed by atoms with van der Waals surface area (Å²) in [5, 5.41) is 9.68. The van der Waals surface area contributed by atoms with Crippen LogP contribution in [-0.4, -0.2) is 35.5 Å². The first-order valence-corrected chi connectivity index (χ1v) is 9.00. The summed E-state index contributed by atoms with van der Waals surface area (Å²) in [4.78, 5) is 26.2. The Morgan fingerprint density at radius 1 is 1.19 bits per heavy atom. The molecule has 2 aromatic rings. The van der Waals surface area contributed by atoms with Crippen molar-refractivity contribution in [2.75, 3.05) is 19.1 Å². The van der Waals surface area contributed by atoms with E-state index in [2.05, 4.69) is 4.74 Å². The number of nitrogens with zero attached hydrogens (tertiary/aromatic N) is 1. The Morgan fingerprint density at radius 2 is 1.89 bits per heavy atom. The highest BCUT2D eigenvalue weighted by molar-refractivity contribution is 8.27. The van der Waals surface area contributed by atoms with E-state index in [0.717, 1.165) is 0 Å². The number of esters is 1. The van der Waals surface area contributed by atoms with E-state index in [1.807, 2.05) is 0 Å². The molecule has 0 aliphatic carbocycles. The molecule has 0 unspecified atom stereocenters. The molecule has 138 valence electrons. The van der Waals surface area contributed by atoms with Crippen molar-refractivity contribution in [2.24, 2.45) is 0 Å². The molecule has 1 heterocycles. The van der Waals surface area contributed by atoms with Gasteiger partial charge in [0.15, 0.2) is 15.8 Å². The van der Waals surface area contributed by atoms with Crippen molar-refractivity contribution < 1.29 is 24.2 Å². The lowest BCUT2D eigenvalue weighted by Crippen LogP contribution is -2.27. The lowest BCUT2D eigenvalue weighted by Gasteiger charge is -2.14. The molecule has 8 heteroatoms. The first-order chi connectivity index (χ1) is 12.9. The average Bonchev–Trinajstić information content (AvgIpc) is 2.96. The lowest BCUT2D eigenvalue weighted by molar-refractivity contribution is -0.113. The van der Waals surface area contributed by atoms with Crippen LogP contribution in [0.1, 0.15) is 15.9 Å². The summed E-state index contributed by atoms with van der Waals surface area (Å²) in [6.07, 6.45) is 1.68. The van der Waals surface area contributed by atoms with Gasteiger partial charge in [-0.05, 0) is 48.0 Å². The zero-order valence-corrected chi connectivity index (χ0v) is 16.1. The van der Waals surface area contributed by atoms with Crippen LogP contribution in [0.15, 0.2) is 47.4 Å². The Hall–Kier alpha value is -2.84. The fourth-order valence-corrected chi connectivity index (χ4v) is 3.79. The van der Waals surface area contributed by atoms with E-state index in [9.17, 15) is 14.7 Å². The molecule has 0 radical (unpaired) electrons. The van der Waals surface area contributed by atoms with E-state index in [1.165, 1.54) is 36.9 Å². The van der Waals surface area contributed by atoms with Crippen LogP contribution in [0.2, 0.25) is 0 Å². The minimum atomic E-state index is -0.451. The van der Waals surface area contributed by atoms with Gasteiger partial charge in [-0.15, -0.1) is 0 Å². The number of phenols is 1. The molecule has 27 heavy (non-hydrogen) atoms. The molecule has 1 amide bonds. The largest absolute Gasteiger partial charge is 0.504 e. The molecule has 1 N–H and O–H groups in total. The van der Waals surface area contributed by atoms with Gasteiger partial charge in [-0.1, -0.05) is 30.0 Å². The highest BCUT2D eigenvalue weighted by Crippen LogP contribution is 2.37. The lowest BCUT2D eigenvalue weighted by atomic mass is 10.1. The average molecular weight is 401 g/mol. The number of methoxy groups -OCH3 is 2. The second-order valence-electron chi connectivity index (χ2n) is 5.49. The Morgan fingerprint density at radius 3 is 2.52 bits per heavy atom. The molecule has 0 bridgehead atoms. The Bertz CT molecular complexity index is 953. The molecule has 1 aliphatic rings. The summed E-state index contributed by atoms with van der Waals surface area (Å²) in [5.41, 5.74) is 1.65. The van der Waals surface area contributed by atoms with Crippen molar-refractivity contribution in [2.45, 2.75) is 0 Å². The minimum absolute atomic E-state index is 0.0212. The second kappa shape index (κ2) is 7.81. The molecule has 0 aromatic heterocycles. The Kier molecular flexibility index (Phi) is 5.48. The van der Waals surface area contributed by atoms with Gasteiger partial charge in [0.05, 0.1) is 30.4 Å². The van der Waals surface area contributed by atoms with Gasteiger partial charge in [-0.25, -0.2) is 4.79 Å². The maximum Gasteiger partial charge on any atom is 0.337 e. The molecule has 1 fully saturated rings. The Balaban J connectivity index is 1.88. The molecule has 1 aliphatic heterocycles. The molecular weight excluding hydrogens is 386 g/mol. The topological polar surface area (TPSA) is 76.1 Å². The highest BCUT2D eigenvalue weighted by Gasteiger charge is 2.33. The van der Waals surface area contributed by atoms with Gasteiger partial charge in [0.25, 0.3) is 5.91 Å². The van der Waals surface area contributed by atoms with Gasteiger partial charge >= 0.3 is 5.97 Å². The molecule has 1 saturated heterocycles. The number of amides is 1. The molecular formula is C19H15NO5S2. The summed E-state index contributed by atoms with van der Waals surface area (Å²) in [6.45, 7) is 0. The van der Waals surface area contributed by atoms with Crippen molar-refractivity contribution in [3.8, 4) is 11.5 Å². The minimum Gasteiger partial charge on any atom is -0.504 e. The first-order valence-electron chi connectivity index (χ1n) is 7.78. The van der Waals surface area contributed by atoms with Gasteiger partial charge in [-0.2, -0.15) is 0 Å². The second-order valence-corrected chi connectivity index (χ2v) is 7.16. The number of benzene rings is 2. The van der Waals surface area contributed by atoms with Gasteiger partial charge in [0.1, 0.15) is 0 Å². The van der Waals surface area contributed by atoms with E-state index in [4.69, 9.17) is 17.0 Å². The number of ether oxygens (including phenoxy) is 2. The maximum absolute atomic E-state index is 12.8. The van der Waals surface area contributed by atoms with Gasteiger partial charge in [0, 0.05) is 0 Å². The van der Waals surface area contributed by atoms with Crippen molar-refractivity contribution in [1.29, 1.82) is 0 Å². The van der Waals surface area contributed by atoms with E-state index in [0.29, 0.717) is 31.8 Å². The zero-order chi connectivity index (χ0) is 19.6. The van der Waals surface area contributed by atoms with Gasteiger partial charge < -0.3 is 14.6 Å². The summed E-state index contributed by atoms with van der Waals surface area (Å²) in [5.74, 6) is -0.374. The first kappa shape index (κ1) is 18.9. The number of anilines is 1. The fourth-order valence-electron chi connectivity index (χ4n) is 2.49. The normalized spacial score (nSPS) is 15.3. The van der Waals surface area contributed by atoms with Crippen LogP contribution >= 0.6 is 24.0 Å². The number of rotatable bonds is 4. The van der Waals surface area contributed by atoms with E-state index >= 15 is 0 Å². The standard InChI is InChI=1S/C19H15NO5S2/c1-24-15-9-11(3-8-14(15)21)10-16-17(22)20(19(26)27-16)13-6-4-12(5-7-13)18(23)25-2/h3-10,21H,1-2H3/b16-10-. The van der Waals surface area contributed by atoms with Crippen molar-refractivity contribution in [3.05, 3.63) is 58.5 Å². The van der Waals surface area contributed by atoms with Gasteiger partial charge in [0.2, 0.25) is 0 Å². The molecule has 0 spiro atoms. The third kappa shape index (κ3) is 3.81. The van der Waals surface area contributed by atoms with Crippen LogP contribution in [0.25, 0.3) is 6.08 Å². The van der Waals surface area contributed by atoms with Gasteiger partial charge in [-0.3, -0.25) is 9.69 Å². The third-order valence-corrected chi connectivity index (χ3v) is 5.14. The number of carbonyl (C=O) groups is 2. The summed E-state index contributed by atoms with van der Waals surface area (Å²) >= 11 is 6.52. The van der Waals surface area contributed by atoms with Crippen molar-refractivity contribution in [1.82, 2.24) is 0 Å². The monoisotopic (exact) mass is 401 g/mol. The number of aromatic hydroxyl groups is 1. The number of hydrogen-bond donors (Lipinski definition) is 1. The van der Waals surface area contributed by atoms with Crippen LogP contribution in [-0.2, 0) is 9.53 Å². The van der Waals surface area contributed by atoms with Crippen LogP contribution in [0.5, 0.6) is 11.5 Å². The van der Waals surface area contributed by atoms with Crippen LogP contribution in [0, 0.1) is 0 Å². The third-order valence-electron chi connectivity index (χ3n) is 3.84. The van der Waals surface area contributed by atoms with Crippen LogP contribution in [0.3, 0.4) is 0 Å². The molecule has 6 nitrogen and oxygen atoms in total. The van der Waals surface area contributed by atoms with Crippen molar-refractivity contribution >= 4 is 51.9 Å². The fraction of sp³-hybridized carbons (Fsp3) is 0.105. The molecule has 0 atom stereocenters. The highest BCUT2D eigenvalue weighted by atomic mass is 32.2. The van der Waals surface area contributed by atoms with Crippen LogP contribution < -0.4 is 9.64 Å². The molecule has 0 saturated carbocycles. The molecule has 3 rings (SSSR count). The number of hydrogen-bond acceptors (Lipinski definition) is 7. The maximum atomic E-state index is 12.8. The summed E-state index contributed by atoms with van der Waals surface area (Å²) in [6, 6.07) is 11.2. The number of thiocarbonyl (C=S) groups is 1. The van der Waals surface area contributed by atoms with E-state index in [-0.39, 0.29) is 11.7 Å². The Labute approximate surface area is 165 Å². The molecule has 2 aromatic carbocycles. The summed E-state index contributed by atoms with van der Waals surface area (Å²) in [7, 11) is 2.76. The number of carbonyl (C=O) groups excluding carboxylic acids is 2. The predicted molar refractivity (Wildman–Crippen MR) is 108 cm³/mol. The SMILES string of the molecule is COC(=O)c1ccc(N2C(=O)/C(=C/c3ccc(O)c(OC)c3)SC2=S)cc1. The predicted octanol–water partition coefficient (Wildman–Crippen LogP) is 3.59. The smallest absolute Gasteiger partial charge is 0.337 e. The van der Waals surface area contributed by atoms with Crippen molar-refractivity contribution in [3.63, 3.8) is 0 Å². The van der Waals surface area contributed by atoms with Crippen LogP contribution in [0.4, 0.5) is 5.69 Å².